The third-order valence-electron chi connectivity index (χ3n) is 5.04. The van der Waals surface area contributed by atoms with Crippen LogP contribution < -0.4 is 10.8 Å². The fourth-order valence-corrected chi connectivity index (χ4v) is 3.74. The van der Waals surface area contributed by atoms with Crippen LogP contribution in [-0.2, 0) is 0 Å². The second-order valence-electron chi connectivity index (χ2n) is 6.73. The molecule has 2 aromatic carbocycles. The molecule has 0 spiro atoms. The maximum Gasteiger partial charge on any atom is 0.274 e. The summed E-state index contributed by atoms with van der Waals surface area (Å²) in [6.07, 6.45) is 6.15. The largest absolute Gasteiger partial charge is 0.326 e. The normalized spacial score (nSPS) is 15.1. The van der Waals surface area contributed by atoms with E-state index in [1.165, 1.54) is 32.1 Å². The van der Waals surface area contributed by atoms with E-state index in [-0.39, 0.29) is 0 Å². The summed E-state index contributed by atoms with van der Waals surface area (Å²) in [4.78, 5) is 16.3. The van der Waals surface area contributed by atoms with Crippen LogP contribution in [0.1, 0.15) is 48.5 Å². The highest BCUT2D eigenvalue weighted by atomic mass is 16.5. The number of benzene rings is 2. The Bertz CT molecular complexity index is 911. The van der Waals surface area contributed by atoms with Crippen molar-refractivity contribution in [3.05, 3.63) is 54.1 Å². The maximum atomic E-state index is 11.5. The molecule has 134 valence electrons. The first-order valence-electron chi connectivity index (χ1n) is 9.05. The number of hydroxylamine groups is 1. The number of nitrogens with zero attached hydrogens (tertiary/aromatic N) is 2. The molecule has 1 amide bonds. The van der Waals surface area contributed by atoms with E-state index in [0.29, 0.717) is 11.6 Å². The SMILES string of the molecule is O=C(NO)c1ccc(Nc2nc3ccccc3n2C2CCCCC2)cc1. The first-order chi connectivity index (χ1) is 12.8. The predicted molar refractivity (Wildman–Crippen MR) is 101 cm³/mol. The van der Waals surface area contributed by atoms with E-state index in [4.69, 9.17) is 10.2 Å². The molecule has 1 heterocycles. The van der Waals surface area contributed by atoms with Crippen molar-refractivity contribution in [1.82, 2.24) is 15.0 Å². The van der Waals surface area contributed by atoms with Crippen molar-refractivity contribution in [1.29, 1.82) is 0 Å². The van der Waals surface area contributed by atoms with Gasteiger partial charge in [-0.2, -0.15) is 0 Å². The second kappa shape index (κ2) is 7.17. The molecular formula is C20H22N4O2. The monoisotopic (exact) mass is 350 g/mol. The number of nitrogens with one attached hydrogen (secondary N) is 2. The molecule has 6 heteroatoms. The third-order valence-corrected chi connectivity index (χ3v) is 5.04. The van der Waals surface area contributed by atoms with Gasteiger partial charge in [0.2, 0.25) is 5.95 Å². The average Bonchev–Trinajstić information content (AvgIpc) is 3.06. The molecule has 1 aliphatic carbocycles. The number of carbonyl (C=O) groups excluding carboxylic acids is 1. The third kappa shape index (κ3) is 3.15. The van der Waals surface area contributed by atoms with E-state index in [2.05, 4.69) is 22.0 Å². The van der Waals surface area contributed by atoms with Crippen molar-refractivity contribution in [2.75, 3.05) is 5.32 Å². The number of anilines is 2. The number of hydrogen-bond acceptors (Lipinski definition) is 4. The zero-order valence-electron chi connectivity index (χ0n) is 14.5. The Kier molecular flexibility index (Phi) is 4.58. The van der Waals surface area contributed by atoms with Crippen LogP contribution in [0.2, 0.25) is 0 Å². The van der Waals surface area contributed by atoms with Gasteiger partial charge >= 0.3 is 0 Å². The van der Waals surface area contributed by atoms with Gasteiger partial charge in [0.05, 0.1) is 11.0 Å². The van der Waals surface area contributed by atoms with E-state index in [1.807, 2.05) is 24.3 Å². The van der Waals surface area contributed by atoms with Crippen molar-refractivity contribution < 1.29 is 10.0 Å². The van der Waals surface area contributed by atoms with Crippen LogP contribution >= 0.6 is 0 Å². The van der Waals surface area contributed by atoms with Crippen molar-refractivity contribution in [2.45, 2.75) is 38.1 Å². The van der Waals surface area contributed by atoms with Gasteiger partial charge in [0.1, 0.15) is 0 Å². The van der Waals surface area contributed by atoms with Gasteiger partial charge < -0.3 is 9.88 Å². The molecule has 0 saturated heterocycles. The lowest BCUT2D eigenvalue weighted by Crippen LogP contribution is -2.18. The highest BCUT2D eigenvalue weighted by molar-refractivity contribution is 5.93. The van der Waals surface area contributed by atoms with E-state index >= 15 is 0 Å². The fraction of sp³-hybridized carbons (Fsp3) is 0.300. The van der Waals surface area contributed by atoms with Gasteiger partial charge in [0, 0.05) is 17.3 Å². The Balaban J connectivity index is 1.68. The molecule has 1 aliphatic rings. The van der Waals surface area contributed by atoms with E-state index < -0.39 is 5.91 Å². The number of para-hydroxylation sites is 2. The number of fused-ring (bicyclic) bond motifs is 1. The Labute approximate surface area is 151 Å². The minimum Gasteiger partial charge on any atom is -0.326 e. The standard InChI is InChI=1S/C20H22N4O2/c25-19(23-26)14-10-12-15(13-11-14)21-20-22-17-8-4-5-9-18(17)24(20)16-6-2-1-3-7-16/h4-5,8-13,16,26H,1-3,6-7H2,(H,21,22)(H,23,25). The second-order valence-corrected chi connectivity index (χ2v) is 6.73. The zero-order valence-corrected chi connectivity index (χ0v) is 14.5. The number of rotatable bonds is 4. The summed E-state index contributed by atoms with van der Waals surface area (Å²) in [5, 5.41) is 12.1. The minimum absolute atomic E-state index is 0.402. The van der Waals surface area contributed by atoms with Crippen molar-refractivity contribution in [3.63, 3.8) is 0 Å². The smallest absolute Gasteiger partial charge is 0.274 e. The first kappa shape index (κ1) is 16.6. The minimum atomic E-state index is -0.522. The highest BCUT2D eigenvalue weighted by Gasteiger charge is 2.21. The lowest BCUT2D eigenvalue weighted by Gasteiger charge is -2.25. The lowest BCUT2D eigenvalue weighted by molar-refractivity contribution is 0.0706. The zero-order chi connectivity index (χ0) is 17.9. The summed E-state index contributed by atoms with van der Waals surface area (Å²) in [6.45, 7) is 0. The van der Waals surface area contributed by atoms with Gasteiger partial charge in [-0.3, -0.25) is 10.0 Å². The van der Waals surface area contributed by atoms with Gasteiger partial charge in [-0.25, -0.2) is 10.5 Å². The first-order valence-corrected chi connectivity index (χ1v) is 9.05. The van der Waals surface area contributed by atoms with Gasteiger partial charge in [0.25, 0.3) is 5.91 Å². The van der Waals surface area contributed by atoms with E-state index in [9.17, 15) is 4.79 Å². The van der Waals surface area contributed by atoms with Crippen molar-refractivity contribution in [2.24, 2.45) is 0 Å². The van der Waals surface area contributed by atoms with Crippen LogP contribution in [0.15, 0.2) is 48.5 Å². The van der Waals surface area contributed by atoms with Gasteiger partial charge in [-0.1, -0.05) is 31.4 Å². The molecule has 0 atom stereocenters. The van der Waals surface area contributed by atoms with Crippen molar-refractivity contribution in [3.8, 4) is 0 Å². The number of amides is 1. The Morgan fingerprint density at radius 3 is 2.50 bits per heavy atom. The molecule has 4 rings (SSSR count). The predicted octanol–water partition coefficient (Wildman–Crippen LogP) is 4.40. The fourth-order valence-electron chi connectivity index (χ4n) is 3.74. The van der Waals surface area contributed by atoms with Crippen LogP contribution in [0.4, 0.5) is 11.6 Å². The highest BCUT2D eigenvalue weighted by Crippen LogP contribution is 2.35. The maximum absolute atomic E-state index is 11.5. The molecule has 1 fully saturated rings. The summed E-state index contributed by atoms with van der Waals surface area (Å²) < 4.78 is 2.32. The van der Waals surface area contributed by atoms with Crippen LogP contribution in [-0.4, -0.2) is 20.7 Å². The molecule has 0 unspecified atom stereocenters. The van der Waals surface area contributed by atoms with Crippen molar-refractivity contribution >= 4 is 28.6 Å². The molecule has 26 heavy (non-hydrogen) atoms. The van der Waals surface area contributed by atoms with Crippen LogP contribution in [0.25, 0.3) is 11.0 Å². The molecule has 1 aromatic heterocycles. The topological polar surface area (TPSA) is 79.2 Å². The number of aromatic nitrogens is 2. The molecule has 0 radical (unpaired) electrons. The molecule has 3 N–H and O–H groups in total. The Morgan fingerprint density at radius 1 is 1.04 bits per heavy atom. The Morgan fingerprint density at radius 2 is 1.77 bits per heavy atom. The summed E-state index contributed by atoms with van der Waals surface area (Å²) in [5.74, 6) is 0.309. The molecule has 0 bridgehead atoms. The number of imidazole rings is 1. The summed E-state index contributed by atoms with van der Waals surface area (Å²) >= 11 is 0. The average molecular weight is 350 g/mol. The van der Waals surface area contributed by atoms with Gasteiger partial charge in [-0.05, 0) is 49.2 Å². The summed E-state index contributed by atoms with van der Waals surface area (Å²) in [6, 6.07) is 15.6. The number of hydrogen-bond donors (Lipinski definition) is 3. The van der Waals surface area contributed by atoms with E-state index in [1.54, 1.807) is 17.6 Å². The van der Waals surface area contributed by atoms with Crippen LogP contribution in [0.3, 0.4) is 0 Å². The molecule has 1 saturated carbocycles. The summed E-state index contributed by atoms with van der Waals surface area (Å²) in [5.41, 5.74) is 5.03. The molecule has 0 aliphatic heterocycles. The Hall–Kier alpha value is -2.86. The summed E-state index contributed by atoms with van der Waals surface area (Å²) in [7, 11) is 0. The quantitative estimate of drug-likeness (QED) is 0.481. The molecular weight excluding hydrogens is 328 g/mol. The van der Waals surface area contributed by atoms with Crippen LogP contribution in [0, 0.1) is 0 Å². The van der Waals surface area contributed by atoms with E-state index in [0.717, 1.165) is 22.7 Å². The number of carbonyl (C=O) groups is 1. The van der Waals surface area contributed by atoms with Gasteiger partial charge in [-0.15, -0.1) is 0 Å². The van der Waals surface area contributed by atoms with Crippen LogP contribution in [0.5, 0.6) is 0 Å². The van der Waals surface area contributed by atoms with Gasteiger partial charge in [0.15, 0.2) is 0 Å². The molecule has 3 aromatic rings. The lowest BCUT2D eigenvalue weighted by atomic mass is 9.95. The molecule has 6 nitrogen and oxygen atoms in total.